The minimum Gasteiger partial charge on any atom is -0.309 e. The Balaban J connectivity index is 1.98. The molecule has 18 heavy (non-hydrogen) atoms. The lowest BCUT2D eigenvalue weighted by atomic mass is 10.1. The number of rotatable bonds is 3. The SMILES string of the molecule is O=C(Cc1cccc(Cl)c1)Nc1ccc(Cl)nn1. The average molecular weight is 282 g/mol. The van der Waals surface area contributed by atoms with E-state index in [1.165, 1.54) is 0 Å². The van der Waals surface area contributed by atoms with Gasteiger partial charge in [-0.05, 0) is 29.8 Å². The van der Waals surface area contributed by atoms with Gasteiger partial charge >= 0.3 is 0 Å². The van der Waals surface area contributed by atoms with Crippen LogP contribution in [0.5, 0.6) is 0 Å². The van der Waals surface area contributed by atoms with E-state index >= 15 is 0 Å². The number of carbonyl (C=O) groups excluding carboxylic acids is 1. The Bertz CT molecular complexity index is 558. The van der Waals surface area contributed by atoms with E-state index in [9.17, 15) is 4.79 Å². The first-order valence-electron chi connectivity index (χ1n) is 5.17. The zero-order chi connectivity index (χ0) is 13.0. The van der Waals surface area contributed by atoms with Gasteiger partial charge in [-0.25, -0.2) is 0 Å². The lowest BCUT2D eigenvalue weighted by Crippen LogP contribution is -2.15. The zero-order valence-electron chi connectivity index (χ0n) is 9.23. The van der Waals surface area contributed by atoms with Gasteiger partial charge in [0.05, 0.1) is 6.42 Å². The normalized spacial score (nSPS) is 10.1. The molecule has 0 aliphatic rings. The van der Waals surface area contributed by atoms with E-state index in [0.717, 1.165) is 5.56 Å². The second-order valence-corrected chi connectivity index (χ2v) is 4.42. The topological polar surface area (TPSA) is 54.9 Å². The standard InChI is InChI=1S/C12H9Cl2N3O/c13-9-3-1-2-8(6-9)7-12(18)15-11-5-4-10(14)16-17-11/h1-6H,7H2,(H,15,17,18). The van der Waals surface area contributed by atoms with Gasteiger partial charge in [-0.2, -0.15) is 0 Å². The Morgan fingerprint density at radius 3 is 2.67 bits per heavy atom. The van der Waals surface area contributed by atoms with Crippen LogP contribution in [0.3, 0.4) is 0 Å². The number of nitrogens with zero attached hydrogens (tertiary/aromatic N) is 2. The first-order valence-corrected chi connectivity index (χ1v) is 5.92. The summed E-state index contributed by atoms with van der Waals surface area (Å²) in [5.41, 5.74) is 0.835. The van der Waals surface area contributed by atoms with Crippen molar-refractivity contribution in [3.05, 3.63) is 52.1 Å². The molecule has 0 aliphatic heterocycles. The summed E-state index contributed by atoms with van der Waals surface area (Å²) in [6, 6.07) is 10.3. The summed E-state index contributed by atoms with van der Waals surface area (Å²) in [7, 11) is 0. The zero-order valence-corrected chi connectivity index (χ0v) is 10.7. The number of amides is 1. The van der Waals surface area contributed by atoms with Crippen molar-refractivity contribution in [3.63, 3.8) is 0 Å². The fraction of sp³-hybridized carbons (Fsp3) is 0.0833. The number of halogens is 2. The van der Waals surface area contributed by atoms with E-state index in [0.29, 0.717) is 10.8 Å². The molecule has 2 rings (SSSR count). The maximum absolute atomic E-state index is 11.7. The molecule has 1 N–H and O–H groups in total. The Kier molecular flexibility index (Phi) is 4.12. The van der Waals surface area contributed by atoms with Gasteiger partial charge in [0.15, 0.2) is 11.0 Å². The number of aromatic nitrogens is 2. The van der Waals surface area contributed by atoms with E-state index in [4.69, 9.17) is 23.2 Å². The van der Waals surface area contributed by atoms with Crippen molar-refractivity contribution in [2.75, 3.05) is 5.32 Å². The largest absolute Gasteiger partial charge is 0.309 e. The van der Waals surface area contributed by atoms with E-state index in [1.54, 1.807) is 30.3 Å². The molecule has 0 saturated heterocycles. The quantitative estimate of drug-likeness (QED) is 0.941. The Labute approximate surface area is 114 Å². The molecule has 1 aromatic heterocycles. The molecule has 4 nitrogen and oxygen atoms in total. The van der Waals surface area contributed by atoms with Gasteiger partial charge in [0.2, 0.25) is 5.91 Å². The van der Waals surface area contributed by atoms with Gasteiger partial charge in [0.25, 0.3) is 0 Å². The third-order valence-corrected chi connectivity index (χ3v) is 2.59. The second kappa shape index (κ2) is 5.80. The molecule has 1 amide bonds. The van der Waals surface area contributed by atoms with E-state index in [-0.39, 0.29) is 17.5 Å². The fourth-order valence-electron chi connectivity index (χ4n) is 1.40. The summed E-state index contributed by atoms with van der Waals surface area (Å²) in [5.74, 6) is 0.181. The Morgan fingerprint density at radius 2 is 2.00 bits per heavy atom. The van der Waals surface area contributed by atoms with Crippen molar-refractivity contribution < 1.29 is 4.79 Å². The molecule has 0 unspecified atom stereocenters. The first-order chi connectivity index (χ1) is 8.63. The molecule has 92 valence electrons. The predicted molar refractivity (Wildman–Crippen MR) is 70.8 cm³/mol. The van der Waals surface area contributed by atoms with Crippen LogP contribution in [0.15, 0.2) is 36.4 Å². The molecule has 1 heterocycles. The number of benzene rings is 1. The number of nitrogens with one attached hydrogen (secondary N) is 1. The Hall–Kier alpha value is -1.65. The molecule has 6 heteroatoms. The number of anilines is 1. The van der Waals surface area contributed by atoms with Crippen molar-refractivity contribution in [1.29, 1.82) is 0 Å². The molecule has 2 aromatic rings. The summed E-state index contributed by atoms with van der Waals surface area (Å²) in [6.45, 7) is 0. The van der Waals surface area contributed by atoms with Crippen LogP contribution < -0.4 is 5.32 Å². The van der Waals surface area contributed by atoms with Crippen LogP contribution in [-0.4, -0.2) is 16.1 Å². The summed E-state index contributed by atoms with van der Waals surface area (Å²) in [5, 5.41) is 10.9. The van der Waals surface area contributed by atoms with Crippen molar-refractivity contribution >= 4 is 34.9 Å². The van der Waals surface area contributed by atoms with Gasteiger partial charge in [0, 0.05) is 5.02 Å². The molecule has 0 atom stereocenters. The van der Waals surface area contributed by atoms with Crippen LogP contribution in [0, 0.1) is 0 Å². The minimum atomic E-state index is -0.186. The lowest BCUT2D eigenvalue weighted by molar-refractivity contribution is -0.115. The summed E-state index contributed by atoms with van der Waals surface area (Å²) >= 11 is 11.4. The minimum absolute atomic E-state index is 0.186. The Morgan fingerprint density at radius 1 is 1.17 bits per heavy atom. The van der Waals surface area contributed by atoms with Crippen molar-refractivity contribution in [2.45, 2.75) is 6.42 Å². The van der Waals surface area contributed by atoms with Gasteiger partial charge in [-0.15, -0.1) is 10.2 Å². The monoisotopic (exact) mass is 281 g/mol. The lowest BCUT2D eigenvalue weighted by Gasteiger charge is -2.04. The molecule has 0 spiro atoms. The molecular formula is C12H9Cl2N3O. The van der Waals surface area contributed by atoms with Crippen molar-refractivity contribution in [2.24, 2.45) is 0 Å². The summed E-state index contributed by atoms with van der Waals surface area (Å²) < 4.78 is 0. The highest BCUT2D eigenvalue weighted by atomic mass is 35.5. The van der Waals surface area contributed by atoms with E-state index in [2.05, 4.69) is 15.5 Å². The van der Waals surface area contributed by atoms with Crippen LogP contribution >= 0.6 is 23.2 Å². The fourth-order valence-corrected chi connectivity index (χ4v) is 1.72. The number of hydrogen-bond acceptors (Lipinski definition) is 3. The summed E-state index contributed by atoms with van der Waals surface area (Å²) in [6.07, 6.45) is 0.227. The van der Waals surface area contributed by atoms with Gasteiger partial charge in [0.1, 0.15) is 0 Å². The first kappa shape index (κ1) is 12.8. The van der Waals surface area contributed by atoms with Crippen molar-refractivity contribution in [1.82, 2.24) is 10.2 Å². The smallest absolute Gasteiger partial charge is 0.229 e. The number of carbonyl (C=O) groups is 1. The molecule has 0 radical (unpaired) electrons. The van der Waals surface area contributed by atoms with E-state index < -0.39 is 0 Å². The predicted octanol–water partition coefficient (Wildman–Crippen LogP) is 2.96. The van der Waals surface area contributed by atoms with Crippen LogP contribution in [0.2, 0.25) is 10.2 Å². The highest BCUT2D eigenvalue weighted by molar-refractivity contribution is 6.30. The molecule has 0 bridgehead atoms. The van der Waals surface area contributed by atoms with Gasteiger partial charge in [-0.1, -0.05) is 35.3 Å². The van der Waals surface area contributed by atoms with Crippen molar-refractivity contribution in [3.8, 4) is 0 Å². The van der Waals surface area contributed by atoms with Crippen LogP contribution in [0.25, 0.3) is 0 Å². The highest BCUT2D eigenvalue weighted by Crippen LogP contribution is 2.12. The van der Waals surface area contributed by atoms with Gasteiger partial charge in [-0.3, -0.25) is 4.79 Å². The number of hydrogen-bond donors (Lipinski definition) is 1. The maximum Gasteiger partial charge on any atom is 0.229 e. The molecule has 0 fully saturated rings. The van der Waals surface area contributed by atoms with Gasteiger partial charge < -0.3 is 5.32 Å². The molecule has 0 saturated carbocycles. The van der Waals surface area contributed by atoms with Crippen LogP contribution in [0.1, 0.15) is 5.56 Å². The van der Waals surface area contributed by atoms with E-state index in [1.807, 2.05) is 6.07 Å². The van der Waals surface area contributed by atoms with Crippen LogP contribution in [0.4, 0.5) is 5.82 Å². The second-order valence-electron chi connectivity index (χ2n) is 3.60. The third kappa shape index (κ3) is 3.68. The molecule has 1 aromatic carbocycles. The third-order valence-electron chi connectivity index (χ3n) is 2.15. The highest BCUT2D eigenvalue weighted by Gasteiger charge is 2.05. The maximum atomic E-state index is 11.7. The summed E-state index contributed by atoms with van der Waals surface area (Å²) in [4.78, 5) is 11.7. The van der Waals surface area contributed by atoms with Crippen LogP contribution in [-0.2, 0) is 11.2 Å². The molecular weight excluding hydrogens is 273 g/mol. The molecule has 0 aliphatic carbocycles. The average Bonchev–Trinajstić information content (AvgIpc) is 2.32.